The molecule has 0 radical (unpaired) electrons. The molecule has 2 aromatic heterocycles. The summed E-state index contributed by atoms with van der Waals surface area (Å²) in [5, 5.41) is 12.8. The second-order valence-corrected chi connectivity index (χ2v) is 4.75. The summed E-state index contributed by atoms with van der Waals surface area (Å²) in [4.78, 5) is 8.52. The number of hydrogen-bond acceptors (Lipinski definition) is 3. The van der Waals surface area contributed by atoms with Crippen LogP contribution in [0.3, 0.4) is 0 Å². The third kappa shape index (κ3) is 2.17. The van der Waals surface area contributed by atoms with E-state index in [2.05, 4.69) is 16.9 Å². The van der Waals surface area contributed by atoms with Crippen LogP contribution in [0, 0.1) is 0 Å². The van der Waals surface area contributed by atoms with Crippen LogP contribution < -0.4 is 0 Å². The predicted molar refractivity (Wildman–Crippen MR) is 79.4 cm³/mol. The van der Waals surface area contributed by atoms with E-state index >= 15 is 0 Å². The van der Waals surface area contributed by atoms with Gasteiger partial charge in [0.1, 0.15) is 6.10 Å². The van der Waals surface area contributed by atoms with E-state index in [0.29, 0.717) is 0 Å². The van der Waals surface area contributed by atoms with Gasteiger partial charge in [-0.15, -0.1) is 0 Å². The maximum absolute atomic E-state index is 10.7. The van der Waals surface area contributed by atoms with Crippen LogP contribution in [-0.4, -0.2) is 15.1 Å². The quantitative estimate of drug-likeness (QED) is 0.789. The van der Waals surface area contributed by atoms with E-state index in [1.165, 1.54) is 0 Å². The number of pyridine rings is 2. The van der Waals surface area contributed by atoms with Gasteiger partial charge in [-0.1, -0.05) is 31.2 Å². The van der Waals surface area contributed by atoms with Crippen molar-refractivity contribution in [3.05, 3.63) is 71.8 Å². The standard InChI is InChI=1S/C17H16N2O/c1-2-12-6-4-9-19-16(12)17(20)14-7-3-5-13-8-10-18-11-15(13)14/h3-11,17,20H,2H2,1H3. The van der Waals surface area contributed by atoms with Crippen LogP contribution in [0.1, 0.15) is 29.8 Å². The van der Waals surface area contributed by atoms with E-state index in [1.54, 1.807) is 18.6 Å². The van der Waals surface area contributed by atoms with Crippen molar-refractivity contribution in [1.82, 2.24) is 9.97 Å². The molecular formula is C17H16N2O. The minimum absolute atomic E-state index is 0.723. The average Bonchev–Trinajstić information content (AvgIpc) is 2.53. The molecule has 100 valence electrons. The summed E-state index contributed by atoms with van der Waals surface area (Å²) in [5.74, 6) is 0. The first-order valence-electron chi connectivity index (χ1n) is 6.75. The largest absolute Gasteiger partial charge is 0.382 e. The molecule has 0 spiro atoms. The van der Waals surface area contributed by atoms with Crippen LogP contribution in [0.15, 0.2) is 55.0 Å². The van der Waals surface area contributed by atoms with E-state index in [9.17, 15) is 5.11 Å². The lowest BCUT2D eigenvalue weighted by atomic mass is 9.97. The maximum atomic E-state index is 10.7. The van der Waals surface area contributed by atoms with Crippen LogP contribution in [0.25, 0.3) is 10.8 Å². The molecule has 3 aromatic rings. The molecule has 0 saturated heterocycles. The Balaban J connectivity index is 2.15. The molecule has 0 bridgehead atoms. The Hall–Kier alpha value is -2.26. The lowest BCUT2D eigenvalue weighted by Gasteiger charge is -2.15. The molecule has 0 amide bonds. The highest BCUT2D eigenvalue weighted by molar-refractivity contribution is 5.85. The van der Waals surface area contributed by atoms with Crippen molar-refractivity contribution in [2.24, 2.45) is 0 Å². The smallest absolute Gasteiger partial charge is 0.122 e. The van der Waals surface area contributed by atoms with Crippen molar-refractivity contribution < 1.29 is 5.11 Å². The summed E-state index contributed by atoms with van der Waals surface area (Å²) in [6.45, 7) is 2.07. The van der Waals surface area contributed by atoms with Gasteiger partial charge >= 0.3 is 0 Å². The summed E-state index contributed by atoms with van der Waals surface area (Å²) < 4.78 is 0. The van der Waals surface area contributed by atoms with Gasteiger partial charge in [0.25, 0.3) is 0 Å². The Kier molecular flexibility index (Phi) is 3.44. The fourth-order valence-corrected chi connectivity index (χ4v) is 2.52. The molecule has 0 aliphatic heterocycles. The highest BCUT2D eigenvalue weighted by atomic mass is 16.3. The Bertz CT molecular complexity index is 734. The highest BCUT2D eigenvalue weighted by Crippen LogP contribution is 2.29. The first kappa shape index (κ1) is 12.8. The second kappa shape index (κ2) is 5.39. The number of aromatic nitrogens is 2. The molecule has 0 aliphatic rings. The Labute approximate surface area is 117 Å². The minimum atomic E-state index is -0.723. The third-order valence-electron chi connectivity index (χ3n) is 3.58. The van der Waals surface area contributed by atoms with Gasteiger partial charge in [0.15, 0.2) is 0 Å². The molecule has 1 N–H and O–H groups in total. The first-order chi connectivity index (χ1) is 9.81. The van der Waals surface area contributed by atoms with Crippen LogP contribution in [0.2, 0.25) is 0 Å². The van der Waals surface area contributed by atoms with Gasteiger partial charge < -0.3 is 5.11 Å². The number of fused-ring (bicyclic) bond motifs is 1. The molecular weight excluding hydrogens is 248 g/mol. The minimum Gasteiger partial charge on any atom is -0.382 e. The predicted octanol–water partition coefficient (Wildman–Crippen LogP) is 3.27. The average molecular weight is 264 g/mol. The molecule has 0 aliphatic carbocycles. The number of benzene rings is 1. The lowest BCUT2D eigenvalue weighted by molar-refractivity contribution is 0.215. The van der Waals surface area contributed by atoms with Crippen molar-refractivity contribution in [2.75, 3.05) is 0 Å². The zero-order valence-electron chi connectivity index (χ0n) is 11.3. The van der Waals surface area contributed by atoms with E-state index in [4.69, 9.17) is 0 Å². The number of nitrogens with zero attached hydrogens (tertiary/aromatic N) is 2. The van der Waals surface area contributed by atoms with E-state index in [1.807, 2.05) is 36.4 Å². The normalized spacial score (nSPS) is 12.5. The fraction of sp³-hybridized carbons (Fsp3) is 0.176. The highest BCUT2D eigenvalue weighted by Gasteiger charge is 2.17. The molecule has 3 heteroatoms. The monoisotopic (exact) mass is 264 g/mol. The fourth-order valence-electron chi connectivity index (χ4n) is 2.52. The molecule has 20 heavy (non-hydrogen) atoms. The summed E-state index contributed by atoms with van der Waals surface area (Å²) >= 11 is 0. The van der Waals surface area contributed by atoms with E-state index < -0.39 is 6.10 Å². The zero-order valence-corrected chi connectivity index (χ0v) is 11.3. The molecule has 2 heterocycles. The molecule has 3 nitrogen and oxygen atoms in total. The van der Waals surface area contributed by atoms with Crippen LogP contribution >= 0.6 is 0 Å². The van der Waals surface area contributed by atoms with E-state index in [-0.39, 0.29) is 0 Å². The first-order valence-corrected chi connectivity index (χ1v) is 6.75. The van der Waals surface area contributed by atoms with Crippen LogP contribution in [-0.2, 0) is 6.42 Å². The summed E-state index contributed by atoms with van der Waals surface area (Å²) in [6, 6.07) is 11.8. The molecule has 1 aromatic carbocycles. The third-order valence-corrected chi connectivity index (χ3v) is 3.58. The van der Waals surface area contributed by atoms with Gasteiger partial charge in [0, 0.05) is 24.0 Å². The van der Waals surface area contributed by atoms with Gasteiger partial charge in [0.05, 0.1) is 5.69 Å². The van der Waals surface area contributed by atoms with Gasteiger partial charge in [-0.3, -0.25) is 9.97 Å². The Morgan fingerprint density at radius 1 is 1.10 bits per heavy atom. The Morgan fingerprint density at radius 2 is 2.00 bits per heavy atom. The van der Waals surface area contributed by atoms with Crippen molar-refractivity contribution in [3.63, 3.8) is 0 Å². The van der Waals surface area contributed by atoms with Gasteiger partial charge in [-0.2, -0.15) is 0 Å². The van der Waals surface area contributed by atoms with Crippen molar-refractivity contribution in [3.8, 4) is 0 Å². The number of aliphatic hydroxyl groups is 1. The SMILES string of the molecule is CCc1cccnc1C(O)c1cccc2ccncc12. The molecule has 3 rings (SSSR count). The summed E-state index contributed by atoms with van der Waals surface area (Å²) in [6.07, 6.45) is 5.41. The molecule has 0 fully saturated rings. The van der Waals surface area contributed by atoms with Gasteiger partial charge in [0.2, 0.25) is 0 Å². The van der Waals surface area contributed by atoms with Crippen LogP contribution in [0.5, 0.6) is 0 Å². The molecule has 0 saturated carbocycles. The van der Waals surface area contributed by atoms with Crippen molar-refractivity contribution in [2.45, 2.75) is 19.4 Å². The van der Waals surface area contributed by atoms with Crippen LogP contribution in [0.4, 0.5) is 0 Å². The molecule has 1 atom stereocenters. The zero-order chi connectivity index (χ0) is 13.9. The maximum Gasteiger partial charge on any atom is 0.122 e. The van der Waals surface area contributed by atoms with E-state index in [0.717, 1.165) is 34.0 Å². The number of rotatable bonds is 3. The summed E-state index contributed by atoms with van der Waals surface area (Å²) in [7, 11) is 0. The number of aryl methyl sites for hydroxylation is 1. The number of aliphatic hydroxyl groups excluding tert-OH is 1. The second-order valence-electron chi connectivity index (χ2n) is 4.75. The molecule has 1 unspecified atom stereocenters. The topological polar surface area (TPSA) is 46.0 Å². The van der Waals surface area contributed by atoms with Crippen molar-refractivity contribution >= 4 is 10.8 Å². The summed E-state index contributed by atoms with van der Waals surface area (Å²) in [5.41, 5.74) is 2.65. The Morgan fingerprint density at radius 3 is 2.85 bits per heavy atom. The van der Waals surface area contributed by atoms with Gasteiger partial charge in [-0.25, -0.2) is 0 Å². The van der Waals surface area contributed by atoms with Gasteiger partial charge in [-0.05, 0) is 35.1 Å². The van der Waals surface area contributed by atoms with Crippen molar-refractivity contribution in [1.29, 1.82) is 0 Å². The number of hydrogen-bond donors (Lipinski definition) is 1. The lowest BCUT2D eigenvalue weighted by Crippen LogP contribution is -2.06.